The normalized spacial score (nSPS) is 38.1. The first-order valence-electron chi connectivity index (χ1n) is 11.1. The number of amides is 1. The van der Waals surface area contributed by atoms with Gasteiger partial charge in [-0.1, -0.05) is 0 Å². The summed E-state index contributed by atoms with van der Waals surface area (Å²) < 4.78 is 5.40. The Kier molecular flexibility index (Phi) is 3.94. The zero-order valence-electron chi connectivity index (χ0n) is 16.5. The van der Waals surface area contributed by atoms with Crippen molar-refractivity contribution in [2.75, 3.05) is 31.6 Å². The topological polar surface area (TPSA) is 67.3 Å². The van der Waals surface area contributed by atoms with E-state index >= 15 is 0 Å². The number of nitrogens with zero attached hydrogens (tertiary/aromatic N) is 3. The number of carbonyl (C=O) groups is 1. The van der Waals surface area contributed by atoms with Crippen LogP contribution >= 0.6 is 0 Å². The summed E-state index contributed by atoms with van der Waals surface area (Å²) in [4.78, 5) is 23.8. The number of anilines is 1. The third-order valence-corrected chi connectivity index (χ3v) is 8.36. The average molecular weight is 383 g/mol. The van der Waals surface area contributed by atoms with E-state index < -0.39 is 0 Å². The van der Waals surface area contributed by atoms with Crippen molar-refractivity contribution in [1.29, 1.82) is 0 Å². The molecule has 6 heteroatoms. The molecule has 1 N–H and O–H groups in total. The van der Waals surface area contributed by atoms with Crippen molar-refractivity contribution in [3.8, 4) is 0 Å². The first-order valence-corrected chi connectivity index (χ1v) is 11.1. The van der Waals surface area contributed by atoms with Crippen LogP contribution in [0, 0.1) is 29.1 Å². The molecule has 6 nitrogen and oxygen atoms in total. The van der Waals surface area contributed by atoms with Crippen molar-refractivity contribution in [2.45, 2.75) is 51.5 Å². The Balaban J connectivity index is 1.16. The first-order chi connectivity index (χ1) is 13.7. The molecule has 0 radical (unpaired) electrons. The van der Waals surface area contributed by atoms with Gasteiger partial charge >= 0.3 is 0 Å². The van der Waals surface area contributed by atoms with Gasteiger partial charge in [0.25, 0.3) is 0 Å². The quantitative estimate of drug-likeness (QED) is 0.867. The van der Waals surface area contributed by atoms with E-state index in [1.165, 1.54) is 37.7 Å². The molecule has 1 aromatic heterocycles. The summed E-state index contributed by atoms with van der Waals surface area (Å²) in [6.45, 7) is 3.73. The zero-order valence-corrected chi connectivity index (χ0v) is 16.5. The fourth-order valence-corrected chi connectivity index (χ4v) is 7.20. The third kappa shape index (κ3) is 2.67. The zero-order chi connectivity index (χ0) is 18.7. The predicted molar refractivity (Wildman–Crippen MR) is 105 cm³/mol. The molecule has 28 heavy (non-hydrogen) atoms. The summed E-state index contributed by atoms with van der Waals surface area (Å²) in [5, 5.41) is 3.74. The molecule has 3 heterocycles. The van der Waals surface area contributed by atoms with E-state index in [1.54, 1.807) is 6.33 Å². The summed E-state index contributed by atoms with van der Waals surface area (Å²) in [5.41, 5.74) is 2.76. The second-order valence-corrected chi connectivity index (χ2v) is 9.98. The Hall–Kier alpha value is -1.69. The standard InChI is InChI=1S/C22H30N4O2/c27-21(16-2-4-28-11-16)26-3-1-18-19(10-26)24-13-25-20(18)23-12-22-8-14-5-15(9-22)7-17(22)6-14/h13-17H,1-12H2,(H,23,24,25). The molecule has 6 aliphatic rings. The number of hydrogen-bond donors (Lipinski definition) is 1. The molecule has 0 aromatic carbocycles. The highest BCUT2D eigenvalue weighted by Gasteiger charge is 2.57. The van der Waals surface area contributed by atoms with Crippen molar-refractivity contribution < 1.29 is 9.53 Å². The van der Waals surface area contributed by atoms with Crippen LogP contribution in [0.5, 0.6) is 0 Å². The molecule has 5 fully saturated rings. The van der Waals surface area contributed by atoms with Gasteiger partial charge in [0.15, 0.2) is 0 Å². The van der Waals surface area contributed by atoms with Crippen LogP contribution in [0.15, 0.2) is 6.33 Å². The molecule has 0 spiro atoms. The van der Waals surface area contributed by atoms with Crippen molar-refractivity contribution in [2.24, 2.45) is 29.1 Å². The molecule has 4 saturated carbocycles. The second kappa shape index (κ2) is 6.41. The average Bonchev–Trinajstić information content (AvgIpc) is 3.38. The maximum absolute atomic E-state index is 12.7. The monoisotopic (exact) mass is 382 g/mol. The van der Waals surface area contributed by atoms with E-state index in [9.17, 15) is 4.79 Å². The van der Waals surface area contributed by atoms with Crippen LogP contribution in [0.4, 0.5) is 5.82 Å². The lowest BCUT2D eigenvalue weighted by Crippen LogP contribution is -2.41. The number of aromatic nitrogens is 2. The SMILES string of the molecule is O=C(C1CCOC1)N1CCc2c(ncnc2NCC23CC4CC(CC2C4)C3)C1. The van der Waals surface area contributed by atoms with Gasteiger partial charge in [-0.15, -0.1) is 0 Å². The maximum Gasteiger partial charge on any atom is 0.228 e. The molecule has 1 aromatic rings. The van der Waals surface area contributed by atoms with Gasteiger partial charge in [-0.05, 0) is 68.1 Å². The van der Waals surface area contributed by atoms with E-state index in [0.29, 0.717) is 25.2 Å². The Morgan fingerprint density at radius 2 is 2.11 bits per heavy atom. The van der Waals surface area contributed by atoms with Crippen LogP contribution < -0.4 is 5.32 Å². The molecule has 2 aliphatic heterocycles. The van der Waals surface area contributed by atoms with E-state index in [-0.39, 0.29) is 11.8 Å². The minimum absolute atomic E-state index is 0.0354. The molecule has 1 saturated heterocycles. The maximum atomic E-state index is 12.7. The first kappa shape index (κ1) is 17.2. The fourth-order valence-electron chi connectivity index (χ4n) is 7.20. The van der Waals surface area contributed by atoms with E-state index in [4.69, 9.17) is 4.74 Å². The Bertz CT molecular complexity index is 777. The van der Waals surface area contributed by atoms with Crippen LogP contribution in [-0.2, 0) is 22.5 Å². The lowest BCUT2D eigenvalue weighted by molar-refractivity contribution is -0.136. The number of fused-ring (bicyclic) bond motifs is 1. The van der Waals surface area contributed by atoms with Gasteiger partial charge in [-0.25, -0.2) is 9.97 Å². The highest BCUT2D eigenvalue weighted by molar-refractivity contribution is 5.79. The fraction of sp³-hybridized carbons (Fsp3) is 0.773. The van der Waals surface area contributed by atoms with E-state index in [1.807, 2.05) is 4.90 Å². The molecule has 150 valence electrons. The Labute approximate surface area is 166 Å². The summed E-state index contributed by atoms with van der Waals surface area (Å²) >= 11 is 0. The van der Waals surface area contributed by atoms with Crippen LogP contribution in [0.1, 0.15) is 49.8 Å². The molecule has 3 atom stereocenters. The minimum Gasteiger partial charge on any atom is -0.381 e. The number of rotatable bonds is 4. The van der Waals surface area contributed by atoms with Crippen molar-refractivity contribution in [3.63, 3.8) is 0 Å². The molecule has 4 bridgehead atoms. The van der Waals surface area contributed by atoms with Crippen LogP contribution in [0.2, 0.25) is 0 Å². The van der Waals surface area contributed by atoms with Gasteiger partial charge in [0.2, 0.25) is 5.91 Å². The van der Waals surface area contributed by atoms with Crippen molar-refractivity contribution >= 4 is 11.7 Å². The number of carbonyl (C=O) groups excluding carboxylic acids is 1. The molecule has 7 rings (SSSR count). The molecular weight excluding hydrogens is 352 g/mol. The Morgan fingerprint density at radius 1 is 1.25 bits per heavy atom. The lowest BCUT2D eigenvalue weighted by Gasteiger charge is -2.34. The number of nitrogens with one attached hydrogen (secondary N) is 1. The molecular formula is C22H30N4O2. The summed E-state index contributed by atoms with van der Waals surface area (Å²) in [6, 6.07) is 0. The van der Waals surface area contributed by atoms with E-state index in [2.05, 4.69) is 15.3 Å². The Morgan fingerprint density at radius 3 is 2.89 bits per heavy atom. The molecule has 1 amide bonds. The van der Waals surface area contributed by atoms with Gasteiger partial charge in [0.1, 0.15) is 12.1 Å². The minimum atomic E-state index is 0.0354. The van der Waals surface area contributed by atoms with Crippen LogP contribution in [-0.4, -0.2) is 47.1 Å². The number of ether oxygens (including phenoxy) is 1. The second-order valence-electron chi connectivity index (χ2n) is 9.98. The van der Waals surface area contributed by atoms with Crippen molar-refractivity contribution in [1.82, 2.24) is 14.9 Å². The lowest BCUT2D eigenvalue weighted by atomic mass is 9.75. The highest BCUT2D eigenvalue weighted by atomic mass is 16.5. The number of hydrogen-bond acceptors (Lipinski definition) is 5. The summed E-state index contributed by atoms with van der Waals surface area (Å²) in [5.74, 6) is 4.18. The summed E-state index contributed by atoms with van der Waals surface area (Å²) in [6.07, 6.45) is 10.6. The van der Waals surface area contributed by atoms with Gasteiger partial charge in [-0.3, -0.25) is 4.79 Å². The van der Waals surface area contributed by atoms with Crippen molar-refractivity contribution in [3.05, 3.63) is 17.6 Å². The molecule has 4 aliphatic carbocycles. The van der Waals surface area contributed by atoms with Gasteiger partial charge in [0.05, 0.1) is 24.8 Å². The van der Waals surface area contributed by atoms with Crippen LogP contribution in [0.3, 0.4) is 0 Å². The van der Waals surface area contributed by atoms with Gasteiger partial charge in [0, 0.05) is 25.3 Å². The largest absolute Gasteiger partial charge is 0.381 e. The van der Waals surface area contributed by atoms with Crippen LogP contribution in [0.25, 0.3) is 0 Å². The molecule has 3 unspecified atom stereocenters. The van der Waals surface area contributed by atoms with Gasteiger partial charge in [-0.2, -0.15) is 0 Å². The van der Waals surface area contributed by atoms with Gasteiger partial charge < -0.3 is 15.0 Å². The van der Waals surface area contributed by atoms with E-state index in [0.717, 1.165) is 55.2 Å². The third-order valence-electron chi connectivity index (χ3n) is 8.36. The summed E-state index contributed by atoms with van der Waals surface area (Å²) in [7, 11) is 0. The predicted octanol–water partition coefficient (Wildman–Crippen LogP) is 2.64. The smallest absolute Gasteiger partial charge is 0.228 e. The highest BCUT2D eigenvalue weighted by Crippen LogP contribution is 2.65.